The lowest BCUT2D eigenvalue weighted by Crippen LogP contribution is -2.32. The zero-order chi connectivity index (χ0) is 28.0. The van der Waals surface area contributed by atoms with Crippen LogP contribution in [-0.2, 0) is 43.1 Å². The summed E-state index contributed by atoms with van der Waals surface area (Å²) in [5.74, 6) is -3.09. The second-order valence-corrected chi connectivity index (χ2v) is 10.3. The van der Waals surface area contributed by atoms with Gasteiger partial charge in [0.25, 0.3) is 11.8 Å². The summed E-state index contributed by atoms with van der Waals surface area (Å²) in [6.45, 7) is 0.721. The maximum atomic E-state index is 11.6. The van der Waals surface area contributed by atoms with E-state index in [-0.39, 0.29) is 49.4 Å². The molecule has 11 heteroatoms. The van der Waals surface area contributed by atoms with E-state index in [2.05, 4.69) is 29.1 Å². The molecule has 2 amide bonds. The molecule has 1 aliphatic heterocycles. The van der Waals surface area contributed by atoms with Crippen molar-refractivity contribution in [3.63, 3.8) is 0 Å². The molecule has 11 nitrogen and oxygen atoms in total. The van der Waals surface area contributed by atoms with Crippen molar-refractivity contribution in [2.75, 3.05) is 13.2 Å². The Morgan fingerprint density at radius 3 is 1.56 bits per heavy atom. The summed E-state index contributed by atoms with van der Waals surface area (Å²) in [7, 11) is 0. The summed E-state index contributed by atoms with van der Waals surface area (Å²) in [5.41, 5.74) is 0.197. The fourth-order valence-electron chi connectivity index (χ4n) is 4.78. The van der Waals surface area contributed by atoms with Crippen molar-refractivity contribution in [1.82, 2.24) is 5.06 Å². The number of carboxylic acid groups (broad SMARTS) is 1. The maximum Gasteiger partial charge on any atom is 0.333 e. The average molecular weight is 542 g/mol. The highest BCUT2D eigenvalue weighted by Crippen LogP contribution is 2.57. The standard InChI is InChI=1S/C16H17NO6.C12H14O4/c18-12-3-4-13(19)17(12)23-15(21)6-5-14(20)22-10-11-9-16(11)7-1-2-8-16;13-10(14)3-4-11(15)16-8-9-7-12(9)5-1-2-6-12/h1-2,7-8,11H,3-6,9-10H2;1-2,5-6,9H,3-4,7-8H2,(H,13,14). The van der Waals surface area contributed by atoms with Crippen molar-refractivity contribution in [3.8, 4) is 0 Å². The highest BCUT2D eigenvalue weighted by atomic mass is 16.7. The van der Waals surface area contributed by atoms with Crippen molar-refractivity contribution < 1.29 is 48.2 Å². The summed E-state index contributed by atoms with van der Waals surface area (Å²) in [6, 6.07) is 0. The normalized spacial score (nSPS) is 23.6. The zero-order valence-corrected chi connectivity index (χ0v) is 21.4. The number of allylic oxidation sites excluding steroid dienone is 8. The number of ether oxygens (including phenoxy) is 2. The van der Waals surface area contributed by atoms with Crippen molar-refractivity contribution in [3.05, 3.63) is 48.6 Å². The Kier molecular flexibility index (Phi) is 8.47. The third-order valence-electron chi connectivity index (χ3n) is 7.41. The van der Waals surface area contributed by atoms with E-state index in [1.54, 1.807) is 0 Å². The van der Waals surface area contributed by atoms with E-state index in [1.807, 2.05) is 24.3 Å². The average Bonchev–Trinajstić information content (AvgIpc) is 3.46. The van der Waals surface area contributed by atoms with Gasteiger partial charge in [-0.25, -0.2) is 4.79 Å². The number of hydroxylamine groups is 2. The molecule has 0 aromatic heterocycles. The summed E-state index contributed by atoms with van der Waals surface area (Å²) in [6.07, 6.45) is 17.9. The fraction of sp³-hybridized carbons (Fsp3) is 0.500. The Bertz CT molecular complexity index is 1120. The van der Waals surface area contributed by atoms with Crippen LogP contribution in [-0.4, -0.2) is 59.1 Å². The van der Waals surface area contributed by atoms with Crippen molar-refractivity contribution >= 4 is 35.7 Å². The van der Waals surface area contributed by atoms with Crippen LogP contribution < -0.4 is 0 Å². The molecule has 4 aliphatic carbocycles. The molecule has 39 heavy (non-hydrogen) atoms. The number of imide groups is 1. The van der Waals surface area contributed by atoms with Crippen LogP contribution in [0.15, 0.2) is 48.6 Å². The van der Waals surface area contributed by atoms with Gasteiger partial charge in [-0.1, -0.05) is 48.6 Å². The van der Waals surface area contributed by atoms with E-state index in [0.717, 1.165) is 12.8 Å². The first kappa shape index (κ1) is 28.0. The molecule has 5 rings (SSSR count). The molecule has 208 valence electrons. The lowest BCUT2D eigenvalue weighted by Gasteiger charge is -2.12. The number of carbonyl (C=O) groups excluding carboxylic acids is 5. The van der Waals surface area contributed by atoms with E-state index < -0.39 is 35.7 Å². The minimum absolute atomic E-state index is 0.0409. The third-order valence-corrected chi connectivity index (χ3v) is 7.41. The Morgan fingerprint density at radius 1 is 0.718 bits per heavy atom. The number of hydrogen-bond acceptors (Lipinski definition) is 9. The minimum Gasteiger partial charge on any atom is -0.481 e. The SMILES string of the molecule is O=C(CCC(=O)ON1C(=O)CCC1=O)OCC1CC12C=CC=C2.O=C(O)CCC(=O)OCC1CC12C=CC=C2. The monoisotopic (exact) mass is 541 g/mol. The van der Waals surface area contributed by atoms with Gasteiger partial charge in [0.05, 0.1) is 38.9 Å². The molecule has 3 fully saturated rings. The van der Waals surface area contributed by atoms with E-state index in [4.69, 9.17) is 14.6 Å². The van der Waals surface area contributed by atoms with Crippen LogP contribution in [0.5, 0.6) is 0 Å². The third kappa shape index (κ3) is 7.30. The Hall–Kier alpha value is -4.02. The molecule has 0 aromatic carbocycles. The van der Waals surface area contributed by atoms with E-state index in [0.29, 0.717) is 30.1 Å². The molecule has 1 heterocycles. The summed E-state index contributed by atoms with van der Waals surface area (Å²) >= 11 is 0. The lowest BCUT2D eigenvalue weighted by atomic mass is 10.1. The van der Waals surface area contributed by atoms with Gasteiger partial charge >= 0.3 is 23.9 Å². The van der Waals surface area contributed by atoms with Gasteiger partial charge in [-0.15, -0.1) is 5.06 Å². The molecule has 2 saturated carbocycles. The Morgan fingerprint density at radius 2 is 1.13 bits per heavy atom. The van der Waals surface area contributed by atoms with Gasteiger partial charge in [0.15, 0.2) is 0 Å². The van der Waals surface area contributed by atoms with Crippen LogP contribution >= 0.6 is 0 Å². The number of amides is 2. The van der Waals surface area contributed by atoms with Crippen LogP contribution in [0.25, 0.3) is 0 Å². The summed E-state index contributed by atoms with van der Waals surface area (Å²) in [4.78, 5) is 71.8. The van der Waals surface area contributed by atoms with Gasteiger partial charge in [-0.2, -0.15) is 0 Å². The highest BCUT2D eigenvalue weighted by molar-refractivity contribution is 6.01. The number of aliphatic carboxylic acids is 1. The van der Waals surface area contributed by atoms with Gasteiger partial charge in [0.2, 0.25) is 0 Å². The van der Waals surface area contributed by atoms with E-state index in [9.17, 15) is 28.8 Å². The topological polar surface area (TPSA) is 154 Å². The predicted molar refractivity (Wildman–Crippen MR) is 133 cm³/mol. The first-order valence-electron chi connectivity index (χ1n) is 13.0. The van der Waals surface area contributed by atoms with Crippen LogP contribution in [0.2, 0.25) is 0 Å². The minimum atomic E-state index is -0.971. The lowest BCUT2D eigenvalue weighted by molar-refractivity contribution is -0.197. The molecule has 0 radical (unpaired) electrons. The van der Waals surface area contributed by atoms with Gasteiger partial charge in [0.1, 0.15) is 0 Å². The molecule has 2 unspecified atom stereocenters. The first-order chi connectivity index (χ1) is 18.6. The number of carbonyl (C=O) groups is 6. The van der Waals surface area contributed by atoms with Gasteiger partial charge < -0.3 is 19.4 Å². The quantitative estimate of drug-likeness (QED) is 0.305. The largest absolute Gasteiger partial charge is 0.481 e. The van der Waals surface area contributed by atoms with Crippen molar-refractivity contribution in [2.24, 2.45) is 22.7 Å². The van der Waals surface area contributed by atoms with Crippen molar-refractivity contribution in [2.45, 2.75) is 51.4 Å². The van der Waals surface area contributed by atoms with Crippen LogP contribution in [0.4, 0.5) is 0 Å². The molecule has 1 saturated heterocycles. The molecule has 5 aliphatic rings. The number of carboxylic acids is 1. The van der Waals surface area contributed by atoms with Crippen LogP contribution in [0.1, 0.15) is 51.4 Å². The fourth-order valence-corrected chi connectivity index (χ4v) is 4.78. The zero-order valence-electron chi connectivity index (χ0n) is 21.4. The molecule has 0 aromatic rings. The van der Waals surface area contributed by atoms with E-state index >= 15 is 0 Å². The maximum absolute atomic E-state index is 11.6. The van der Waals surface area contributed by atoms with Crippen LogP contribution in [0.3, 0.4) is 0 Å². The second kappa shape index (κ2) is 11.8. The first-order valence-corrected chi connectivity index (χ1v) is 13.0. The molecule has 2 spiro atoms. The summed E-state index contributed by atoms with van der Waals surface area (Å²) in [5, 5.41) is 8.87. The molecule has 0 bridgehead atoms. The highest BCUT2D eigenvalue weighted by Gasteiger charge is 2.52. The number of hydrogen-bond donors (Lipinski definition) is 1. The molecule has 1 N–H and O–H groups in total. The number of nitrogens with zero attached hydrogens (tertiary/aromatic N) is 1. The molecule has 2 atom stereocenters. The smallest absolute Gasteiger partial charge is 0.333 e. The van der Waals surface area contributed by atoms with Crippen LogP contribution in [0, 0.1) is 22.7 Å². The van der Waals surface area contributed by atoms with Gasteiger partial charge in [-0.05, 0) is 12.8 Å². The predicted octanol–water partition coefficient (Wildman–Crippen LogP) is 2.58. The van der Waals surface area contributed by atoms with Crippen molar-refractivity contribution in [1.29, 1.82) is 0 Å². The Labute approximate surface area is 225 Å². The van der Waals surface area contributed by atoms with E-state index in [1.165, 1.54) is 0 Å². The summed E-state index contributed by atoms with van der Waals surface area (Å²) < 4.78 is 10.2. The molecular weight excluding hydrogens is 510 g/mol. The Balaban J connectivity index is 0.000000193. The van der Waals surface area contributed by atoms with Gasteiger partial charge in [-0.3, -0.25) is 24.0 Å². The number of rotatable bonds is 11. The second-order valence-electron chi connectivity index (χ2n) is 10.3. The molecular formula is C28H31NO10. The number of esters is 2. The van der Waals surface area contributed by atoms with Gasteiger partial charge in [0, 0.05) is 35.5 Å².